The van der Waals surface area contributed by atoms with E-state index in [1.54, 1.807) is 74.5 Å². The average molecular weight is 556 g/mol. The van der Waals surface area contributed by atoms with E-state index in [0.717, 1.165) is 4.57 Å². The van der Waals surface area contributed by atoms with Crippen molar-refractivity contribution in [3.05, 3.63) is 89.0 Å². The van der Waals surface area contributed by atoms with E-state index in [2.05, 4.69) is 10.3 Å². The number of aromatic nitrogens is 2. The summed E-state index contributed by atoms with van der Waals surface area (Å²) in [6.07, 6.45) is -5.07. The number of ether oxygens (including phenoxy) is 5. The van der Waals surface area contributed by atoms with Gasteiger partial charge in [0.25, 0.3) is 5.91 Å². The number of carbonyl (C=O) groups excluding carboxylic acids is 1. The molecule has 5 atom stereocenters. The maximum absolute atomic E-state index is 16.0. The summed E-state index contributed by atoms with van der Waals surface area (Å²) in [7, 11) is 0. The monoisotopic (exact) mass is 555 g/mol. The van der Waals surface area contributed by atoms with Crippen LogP contribution in [-0.4, -0.2) is 57.6 Å². The molecule has 1 amide bonds. The van der Waals surface area contributed by atoms with E-state index in [-0.39, 0.29) is 17.7 Å². The van der Waals surface area contributed by atoms with Crippen molar-refractivity contribution in [1.29, 1.82) is 0 Å². The van der Waals surface area contributed by atoms with Gasteiger partial charge < -0.3 is 29.0 Å². The fourth-order valence-electron chi connectivity index (χ4n) is 4.32. The number of anilines is 1. The van der Waals surface area contributed by atoms with Gasteiger partial charge in [0.2, 0.25) is 0 Å². The molecule has 0 bridgehead atoms. The van der Waals surface area contributed by atoms with Crippen LogP contribution in [0.1, 0.15) is 30.4 Å². The zero-order valence-corrected chi connectivity index (χ0v) is 21.9. The minimum absolute atomic E-state index is 0.0158. The Labute approximate surface area is 228 Å². The lowest BCUT2D eigenvalue weighted by Gasteiger charge is -2.48. The molecule has 3 aromatic rings. The number of nitrogens with zero attached hydrogens (tertiary/aromatic N) is 2. The zero-order chi connectivity index (χ0) is 27.6. The quantitative estimate of drug-likeness (QED) is 0.472. The van der Waals surface area contributed by atoms with E-state index in [9.17, 15) is 9.59 Å². The number of alkyl halides is 1. The minimum Gasteiger partial charge on any atom is -0.445 e. The molecule has 3 heterocycles. The van der Waals surface area contributed by atoms with Gasteiger partial charge in [-0.1, -0.05) is 36.4 Å². The number of hydrogen-bond donors (Lipinski definition) is 1. The lowest BCUT2D eigenvalue weighted by atomic mass is 9.97. The molecule has 204 valence electrons. The maximum atomic E-state index is 16.0. The number of para-hydroxylation sites is 1. The third-order valence-corrected chi connectivity index (χ3v) is 6.34. The van der Waals surface area contributed by atoms with Gasteiger partial charge in [-0.25, -0.2) is 9.18 Å². The summed E-state index contributed by atoms with van der Waals surface area (Å²) in [6.45, 7) is 3.36. The third kappa shape index (κ3) is 6.14. The Morgan fingerprint density at radius 3 is 2.51 bits per heavy atom. The fraction of sp³-hybridized carbons (Fsp3) is 0.333. The molecule has 2 aromatic carbocycles. The van der Waals surface area contributed by atoms with Crippen molar-refractivity contribution in [1.82, 2.24) is 9.55 Å². The summed E-state index contributed by atoms with van der Waals surface area (Å²) in [4.78, 5) is 29.5. The molecule has 5 rings (SSSR count). The van der Waals surface area contributed by atoms with Crippen LogP contribution in [-0.2, 0) is 18.9 Å². The average Bonchev–Trinajstić information content (AvgIpc) is 2.91. The SMILES string of the molecule is CC1(C)OC[C@H]2O[C@@H](n3ccc(NC(=O)c4ccccc4)nc3=O)[C@H](OC(=S)Oc3ccccc3)[C@@H](F)[C@@H]2O1. The van der Waals surface area contributed by atoms with E-state index in [1.165, 1.54) is 12.3 Å². The van der Waals surface area contributed by atoms with E-state index in [4.69, 9.17) is 35.9 Å². The van der Waals surface area contributed by atoms with Crippen molar-refractivity contribution in [3.8, 4) is 5.75 Å². The summed E-state index contributed by atoms with van der Waals surface area (Å²) in [5.74, 6) is -1.08. The smallest absolute Gasteiger partial charge is 0.358 e. The summed E-state index contributed by atoms with van der Waals surface area (Å²) >= 11 is 5.23. The van der Waals surface area contributed by atoms with Crippen molar-refractivity contribution in [2.75, 3.05) is 11.9 Å². The van der Waals surface area contributed by atoms with Gasteiger partial charge in [-0.05, 0) is 44.2 Å². The lowest BCUT2D eigenvalue weighted by molar-refractivity contribution is -0.357. The predicted octanol–water partition coefficient (Wildman–Crippen LogP) is 3.63. The van der Waals surface area contributed by atoms with Crippen LogP contribution in [0.4, 0.5) is 10.2 Å². The van der Waals surface area contributed by atoms with Gasteiger partial charge in [0, 0.05) is 24.0 Å². The topological polar surface area (TPSA) is 110 Å². The lowest BCUT2D eigenvalue weighted by Crippen LogP contribution is -2.63. The van der Waals surface area contributed by atoms with Crippen LogP contribution in [0.3, 0.4) is 0 Å². The Morgan fingerprint density at radius 1 is 1.13 bits per heavy atom. The van der Waals surface area contributed by atoms with Crippen LogP contribution in [0.25, 0.3) is 0 Å². The largest absolute Gasteiger partial charge is 0.445 e. The van der Waals surface area contributed by atoms with Crippen molar-refractivity contribution in [3.63, 3.8) is 0 Å². The molecule has 2 aliphatic rings. The number of hydrogen-bond acceptors (Lipinski definition) is 9. The van der Waals surface area contributed by atoms with Crippen LogP contribution >= 0.6 is 12.2 Å². The minimum atomic E-state index is -1.78. The second kappa shape index (κ2) is 11.2. The Morgan fingerprint density at radius 2 is 1.82 bits per heavy atom. The first-order valence-electron chi connectivity index (χ1n) is 12.2. The zero-order valence-electron chi connectivity index (χ0n) is 21.1. The van der Waals surface area contributed by atoms with E-state index >= 15 is 4.39 Å². The summed E-state index contributed by atoms with van der Waals surface area (Å²) in [5, 5.41) is 2.21. The van der Waals surface area contributed by atoms with Gasteiger partial charge >= 0.3 is 10.9 Å². The molecule has 1 aromatic heterocycles. The first-order chi connectivity index (χ1) is 18.7. The Kier molecular flexibility index (Phi) is 7.71. The van der Waals surface area contributed by atoms with Crippen LogP contribution in [0, 0.1) is 0 Å². The molecule has 12 heteroatoms. The number of benzene rings is 2. The van der Waals surface area contributed by atoms with Crippen LogP contribution in [0.15, 0.2) is 77.7 Å². The molecule has 39 heavy (non-hydrogen) atoms. The number of nitrogens with one attached hydrogen (secondary N) is 1. The first-order valence-corrected chi connectivity index (χ1v) is 12.6. The van der Waals surface area contributed by atoms with Gasteiger partial charge in [0.05, 0.1) is 6.61 Å². The van der Waals surface area contributed by atoms with Gasteiger partial charge in [-0.15, -0.1) is 0 Å². The number of carbonyl (C=O) groups is 1. The molecule has 0 radical (unpaired) electrons. The maximum Gasteiger partial charge on any atom is 0.358 e. The van der Waals surface area contributed by atoms with Gasteiger partial charge in [0.15, 0.2) is 24.3 Å². The Balaban J connectivity index is 1.40. The Bertz CT molecular complexity index is 1390. The molecule has 2 aliphatic heterocycles. The highest BCUT2D eigenvalue weighted by Crippen LogP contribution is 2.38. The molecular weight excluding hydrogens is 529 g/mol. The number of amides is 1. The summed E-state index contributed by atoms with van der Waals surface area (Å²) in [5.41, 5.74) is -0.413. The van der Waals surface area contributed by atoms with Crippen molar-refractivity contribution in [2.24, 2.45) is 0 Å². The van der Waals surface area contributed by atoms with Crippen LogP contribution in [0.2, 0.25) is 0 Å². The van der Waals surface area contributed by atoms with Crippen molar-refractivity contribution >= 4 is 29.2 Å². The van der Waals surface area contributed by atoms with E-state index in [0.29, 0.717) is 11.3 Å². The molecular formula is C27H26FN3O7S. The molecule has 0 aliphatic carbocycles. The number of halogens is 1. The van der Waals surface area contributed by atoms with E-state index in [1.807, 2.05) is 0 Å². The molecule has 10 nitrogen and oxygen atoms in total. The van der Waals surface area contributed by atoms with Crippen LogP contribution in [0.5, 0.6) is 5.75 Å². The number of rotatable bonds is 5. The summed E-state index contributed by atoms with van der Waals surface area (Å²) < 4.78 is 45.9. The first kappa shape index (κ1) is 26.9. The van der Waals surface area contributed by atoms with Crippen molar-refractivity contribution < 1.29 is 32.9 Å². The third-order valence-electron chi connectivity index (χ3n) is 6.16. The summed E-state index contributed by atoms with van der Waals surface area (Å²) in [6, 6.07) is 18.5. The molecule has 0 unspecified atom stereocenters. The van der Waals surface area contributed by atoms with Gasteiger partial charge in [-0.3, -0.25) is 9.36 Å². The molecule has 2 fully saturated rings. The normalized spacial score (nSPS) is 25.7. The van der Waals surface area contributed by atoms with Gasteiger partial charge in [-0.2, -0.15) is 4.98 Å². The Hall–Kier alpha value is -3.71. The molecule has 2 saturated heterocycles. The highest BCUT2D eigenvalue weighted by atomic mass is 32.1. The van der Waals surface area contributed by atoms with Gasteiger partial charge in [0.1, 0.15) is 23.8 Å². The highest BCUT2D eigenvalue weighted by Gasteiger charge is 2.54. The second-order valence-corrected chi connectivity index (χ2v) is 9.71. The second-order valence-electron chi connectivity index (χ2n) is 9.37. The number of thiocarbonyl (C=S) groups is 1. The molecule has 0 saturated carbocycles. The van der Waals surface area contributed by atoms with Crippen molar-refractivity contribution in [2.45, 2.75) is 50.3 Å². The molecule has 0 spiro atoms. The highest BCUT2D eigenvalue weighted by molar-refractivity contribution is 7.79. The van der Waals surface area contributed by atoms with E-state index < -0.39 is 48.1 Å². The standard InChI is InChI=1S/C27H26FN3O7S/c1-27(2)34-15-18-21(38-27)20(28)22(37-26(39)35-17-11-7-4-8-12-17)24(36-18)31-14-13-19(30-25(31)33)29-23(32)16-9-5-3-6-10-16/h3-14,18,20-22,24H,15H2,1-2H3,(H,29,30,32,33)/t18-,20+,21-,22-,24-/m1/s1. The molecule has 1 N–H and O–H groups in total. The number of fused-ring (bicyclic) bond motifs is 1. The van der Waals surface area contributed by atoms with Crippen LogP contribution < -0.4 is 15.7 Å². The fourth-order valence-corrected chi connectivity index (χ4v) is 4.53. The predicted molar refractivity (Wildman–Crippen MR) is 141 cm³/mol.